The number of carboxylic acids is 1. The molecule has 18 heavy (non-hydrogen) atoms. The Bertz CT molecular complexity index is 409. The van der Waals surface area contributed by atoms with Crippen LogP contribution in [0.3, 0.4) is 0 Å². The highest BCUT2D eigenvalue weighted by atomic mass is 35.5. The van der Waals surface area contributed by atoms with Crippen LogP contribution in [0.5, 0.6) is 5.75 Å². The maximum absolute atomic E-state index is 10.5. The van der Waals surface area contributed by atoms with Crippen LogP contribution in [0.1, 0.15) is 12.5 Å². The van der Waals surface area contributed by atoms with Gasteiger partial charge in [-0.3, -0.25) is 0 Å². The van der Waals surface area contributed by atoms with E-state index in [1.807, 2.05) is 0 Å². The predicted molar refractivity (Wildman–Crippen MR) is 68.0 cm³/mol. The molecule has 0 spiro atoms. The Hall–Kier alpha value is -1.30. The summed E-state index contributed by atoms with van der Waals surface area (Å²) >= 11 is 5.87. The molecule has 6 heteroatoms. The Labute approximate surface area is 110 Å². The third kappa shape index (κ3) is 5.35. The number of nitrogens with one attached hydrogen (secondary N) is 1. The van der Waals surface area contributed by atoms with Gasteiger partial charge in [-0.05, 0) is 25.1 Å². The fourth-order valence-corrected chi connectivity index (χ4v) is 1.58. The van der Waals surface area contributed by atoms with E-state index in [0.717, 1.165) is 5.56 Å². The molecule has 0 aromatic heterocycles. The first kappa shape index (κ1) is 14.8. The third-order valence-corrected chi connectivity index (χ3v) is 2.36. The number of benzene rings is 1. The molecule has 0 heterocycles. The van der Waals surface area contributed by atoms with Crippen LogP contribution in [0.4, 0.5) is 0 Å². The molecule has 0 aliphatic rings. The number of aliphatic hydroxyl groups excluding tert-OH is 1. The molecule has 1 atom stereocenters. The molecule has 1 aromatic carbocycles. The van der Waals surface area contributed by atoms with Crippen molar-refractivity contribution in [3.05, 3.63) is 28.8 Å². The second kappa shape index (κ2) is 7.20. The molecule has 100 valence electrons. The summed E-state index contributed by atoms with van der Waals surface area (Å²) < 4.78 is 5.15. The molecule has 0 aliphatic heterocycles. The minimum atomic E-state index is -1.03. The predicted octanol–water partition coefficient (Wildman–Crippen LogP) is 1.27. The molecule has 5 nitrogen and oxygen atoms in total. The van der Waals surface area contributed by atoms with Gasteiger partial charge in [-0.25, -0.2) is 4.79 Å². The fraction of sp³-hybridized carbons (Fsp3) is 0.417. The number of rotatable bonds is 7. The van der Waals surface area contributed by atoms with Crippen molar-refractivity contribution in [2.45, 2.75) is 19.6 Å². The Kier molecular flexibility index (Phi) is 5.91. The van der Waals surface area contributed by atoms with Crippen LogP contribution < -0.4 is 10.1 Å². The van der Waals surface area contributed by atoms with Crippen molar-refractivity contribution >= 4 is 17.6 Å². The smallest absolute Gasteiger partial charge is 0.341 e. The van der Waals surface area contributed by atoms with Gasteiger partial charge in [0.2, 0.25) is 0 Å². The van der Waals surface area contributed by atoms with Gasteiger partial charge < -0.3 is 20.3 Å². The number of aliphatic hydroxyl groups is 1. The van der Waals surface area contributed by atoms with E-state index in [2.05, 4.69) is 5.32 Å². The van der Waals surface area contributed by atoms with E-state index in [1.165, 1.54) is 0 Å². The van der Waals surface area contributed by atoms with E-state index in [0.29, 0.717) is 23.9 Å². The number of ether oxygens (including phenoxy) is 1. The highest BCUT2D eigenvalue weighted by molar-refractivity contribution is 6.30. The first-order valence-corrected chi connectivity index (χ1v) is 5.88. The normalized spacial score (nSPS) is 12.2. The van der Waals surface area contributed by atoms with E-state index in [-0.39, 0.29) is 0 Å². The van der Waals surface area contributed by atoms with Crippen LogP contribution in [0.15, 0.2) is 18.2 Å². The van der Waals surface area contributed by atoms with Crippen molar-refractivity contribution in [2.75, 3.05) is 13.2 Å². The molecule has 3 N–H and O–H groups in total. The van der Waals surface area contributed by atoms with Gasteiger partial charge in [-0.1, -0.05) is 11.6 Å². The quantitative estimate of drug-likeness (QED) is 0.697. The Morgan fingerprint density at radius 1 is 1.56 bits per heavy atom. The van der Waals surface area contributed by atoms with Gasteiger partial charge in [0.05, 0.1) is 6.10 Å². The zero-order chi connectivity index (χ0) is 13.5. The van der Waals surface area contributed by atoms with Crippen molar-refractivity contribution in [1.29, 1.82) is 0 Å². The largest absolute Gasteiger partial charge is 0.482 e. The number of hydrogen-bond donors (Lipinski definition) is 3. The van der Waals surface area contributed by atoms with Gasteiger partial charge in [0.1, 0.15) is 5.75 Å². The Balaban J connectivity index is 2.67. The lowest BCUT2D eigenvalue weighted by Gasteiger charge is -2.12. The van der Waals surface area contributed by atoms with Crippen molar-refractivity contribution in [3.8, 4) is 5.75 Å². The monoisotopic (exact) mass is 273 g/mol. The van der Waals surface area contributed by atoms with Crippen molar-refractivity contribution in [1.82, 2.24) is 5.32 Å². The minimum absolute atomic E-state index is 0.398. The summed E-state index contributed by atoms with van der Waals surface area (Å²) in [5.74, 6) is -0.562. The summed E-state index contributed by atoms with van der Waals surface area (Å²) in [5, 5.41) is 21.3. The second-order valence-corrected chi connectivity index (χ2v) is 4.35. The van der Waals surface area contributed by atoms with Gasteiger partial charge >= 0.3 is 5.97 Å². The highest BCUT2D eigenvalue weighted by Crippen LogP contribution is 2.22. The maximum Gasteiger partial charge on any atom is 0.341 e. The van der Waals surface area contributed by atoms with Crippen LogP contribution in [0.2, 0.25) is 5.02 Å². The van der Waals surface area contributed by atoms with Gasteiger partial charge in [0, 0.05) is 23.7 Å². The zero-order valence-electron chi connectivity index (χ0n) is 10.0. The second-order valence-electron chi connectivity index (χ2n) is 3.91. The summed E-state index contributed by atoms with van der Waals surface area (Å²) in [7, 11) is 0. The third-order valence-electron chi connectivity index (χ3n) is 2.13. The van der Waals surface area contributed by atoms with Crippen molar-refractivity contribution in [2.24, 2.45) is 0 Å². The topological polar surface area (TPSA) is 78.8 Å². The van der Waals surface area contributed by atoms with Gasteiger partial charge in [-0.15, -0.1) is 0 Å². The van der Waals surface area contributed by atoms with Crippen LogP contribution in [-0.2, 0) is 11.3 Å². The van der Waals surface area contributed by atoms with Crippen molar-refractivity contribution in [3.63, 3.8) is 0 Å². The van der Waals surface area contributed by atoms with E-state index in [1.54, 1.807) is 25.1 Å². The molecule has 0 radical (unpaired) electrons. The number of carbonyl (C=O) groups is 1. The lowest BCUT2D eigenvalue weighted by Crippen LogP contribution is -2.24. The summed E-state index contributed by atoms with van der Waals surface area (Å²) in [6.45, 7) is 2.16. The zero-order valence-corrected chi connectivity index (χ0v) is 10.8. The number of hydrogen-bond acceptors (Lipinski definition) is 4. The van der Waals surface area contributed by atoms with Gasteiger partial charge in [0.25, 0.3) is 0 Å². The molecule has 0 bridgehead atoms. The first-order valence-electron chi connectivity index (χ1n) is 5.51. The minimum Gasteiger partial charge on any atom is -0.482 e. The lowest BCUT2D eigenvalue weighted by molar-refractivity contribution is -0.139. The van der Waals surface area contributed by atoms with Crippen LogP contribution >= 0.6 is 11.6 Å². The summed E-state index contributed by atoms with van der Waals surface area (Å²) in [6.07, 6.45) is -0.451. The highest BCUT2D eigenvalue weighted by Gasteiger charge is 2.07. The average molecular weight is 274 g/mol. The molecular weight excluding hydrogens is 258 g/mol. The Morgan fingerprint density at radius 2 is 2.28 bits per heavy atom. The molecule has 0 unspecified atom stereocenters. The van der Waals surface area contributed by atoms with E-state index in [4.69, 9.17) is 26.6 Å². The fourth-order valence-electron chi connectivity index (χ4n) is 1.38. The molecule has 1 aromatic rings. The standard InChI is InChI=1S/C12H16ClNO4/c1-8(15)5-14-6-9-4-10(13)2-3-11(9)18-7-12(16)17/h2-4,8,14-15H,5-7H2,1H3,(H,16,17)/t8-/m0/s1. The van der Waals surface area contributed by atoms with Crippen LogP contribution in [0, 0.1) is 0 Å². The van der Waals surface area contributed by atoms with Crippen molar-refractivity contribution < 1.29 is 19.7 Å². The SMILES string of the molecule is C[C@H](O)CNCc1cc(Cl)ccc1OCC(=O)O. The molecule has 1 rings (SSSR count). The van der Waals surface area contributed by atoms with Crippen LogP contribution in [-0.4, -0.2) is 35.4 Å². The molecule has 0 aliphatic carbocycles. The molecular formula is C12H16ClNO4. The van der Waals surface area contributed by atoms with E-state index in [9.17, 15) is 4.79 Å². The number of aliphatic carboxylic acids is 1. The number of carboxylic acid groups (broad SMARTS) is 1. The Morgan fingerprint density at radius 3 is 2.89 bits per heavy atom. The maximum atomic E-state index is 10.5. The van der Waals surface area contributed by atoms with Gasteiger partial charge in [0.15, 0.2) is 6.61 Å². The van der Waals surface area contributed by atoms with Crippen LogP contribution in [0.25, 0.3) is 0 Å². The lowest BCUT2D eigenvalue weighted by atomic mass is 10.2. The molecule has 0 fully saturated rings. The summed E-state index contributed by atoms with van der Waals surface area (Å²) in [6, 6.07) is 4.97. The average Bonchev–Trinajstić information content (AvgIpc) is 2.27. The van der Waals surface area contributed by atoms with Gasteiger partial charge in [-0.2, -0.15) is 0 Å². The summed E-state index contributed by atoms with van der Waals surface area (Å²) in [5.41, 5.74) is 0.754. The molecule has 0 saturated carbocycles. The van der Waals surface area contributed by atoms with E-state index < -0.39 is 18.7 Å². The number of halogens is 1. The van der Waals surface area contributed by atoms with E-state index >= 15 is 0 Å². The molecule has 0 amide bonds. The first-order chi connectivity index (χ1) is 8.49. The molecule has 0 saturated heterocycles. The summed E-state index contributed by atoms with van der Waals surface area (Å²) in [4.78, 5) is 10.5.